The van der Waals surface area contributed by atoms with Crippen LogP contribution in [0.5, 0.6) is 11.5 Å². The van der Waals surface area contributed by atoms with Crippen molar-refractivity contribution in [2.24, 2.45) is 5.84 Å². The van der Waals surface area contributed by atoms with E-state index in [1.54, 1.807) is 6.20 Å². The monoisotopic (exact) mass is 244 g/mol. The summed E-state index contributed by atoms with van der Waals surface area (Å²) in [5.74, 6) is 7.16. The Balaban J connectivity index is 2.00. The van der Waals surface area contributed by atoms with E-state index in [0.29, 0.717) is 19.2 Å². The van der Waals surface area contributed by atoms with Gasteiger partial charge in [-0.3, -0.25) is 5.43 Å². The Morgan fingerprint density at radius 1 is 1.11 bits per heavy atom. The molecule has 0 aliphatic carbocycles. The van der Waals surface area contributed by atoms with Crippen molar-refractivity contribution in [2.75, 3.05) is 18.6 Å². The van der Waals surface area contributed by atoms with Crippen molar-refractivity contribution in [3.8, 4) is 22.8 Å². The molecule has 0 spiro atoms. The first-order valence-corrected chi connectivity index (χ1v) is 5.56. The van der Waals surface area contributed by atoms with Crippen LogP contribution < -0.4 is 20.7 Å². The summed E-state index contributed by atoms with van der Waals surface area (Å²) in [5, 5.41) is 0. The largest absolute Gasteiger partial charge is 0.486 e. The summed E-state index contributed by atoms with van der Waals surface area (Å²) >= 11 is 0. The molecule has 6 nitrogen and oxygen atoms in total. The van der Waals surface area contributed by atoms with Crippen LogP contribution in [-0.2, 0) is 0 Å². The van der Waals surface area contributed by atoms with Crippen LogP contribution in [0.2, 0.25) is 0 Å². The van der Waals surface area contributed by atoms with Crippen molar-refractivity contribution in [2.45, 2.75) is 0 Å². The van der Waals surface area contributed by atoms with E-state index >= 15 is 0 Å². The molecule has 3 N–H and O–H groups in total. The smallest absolute Gasteiger partial charge is 0.237 e. The van der Waals surface area contributed by atoms with Gasteiger partial charge in [-0.2, -0.15) is 0 Å². The number of nitrogens with one attached hydrogen (secondary N) is 1. The fraction of sp³-hybridized carbons (Fsp3) is 0.167. The van der Waals surface area contributed by atoms with E-state index in [2.05, 4.69) is 15.4 Å². The molecule has 0 amide bonds. The molecule has 3 rings (SSSR count). The van der Waals surface area contributed by atoms with Crippen molar-refractivity contribution in [1.29, 1.82) is 0 Å². The zero-order chi connectivity index (χ0) is 12.4. The molecule has 1 aromatic carbocycles. The van der Waals surface area contributed by atoms with Crippen LogP contribution in [0.15, 0.2) is 30.5 Å². The molecule has 0 saturated heterocycles. The number of hydrazine groups is 1. The summed E-state index contributed by atoms with van der Waals surface area (Å²) in [6.45, 7) is 1.15. The highest BCUT2D eigenvalue weighted by Crippen LogP contribution is 2.33. The number of nitrogens with zero attached hydrogens (tertiary/aromatic N) is 2. The fourth-order valence-corrected chi connectivity index (χ4v) is 1.79. The Morgan fingerprint density at radius 2 is 1.94 bits per heavy atom. The molecule has 0 saturated carbocycles. The number of anilines is 1. The molecule has 0 atom stereocenters. The van der Waals surface area contributed by atoms with Gasteiger partial charge in [-0.1, -0.05) is 0 Å². The van der Waals surface area contributed by atoms with Crippen LogP contribution in [-0.4, -0.2) is 23.2 Å². The lowest BCUT2D eigenvalue weighted by Crippen LogP contribution is -2.15. The zero-order valence-electron chi connectivity index (χ0n) is 9.59. The number of hydrogen-bond donors (Lipinski definition) is 2. The third-order valence-electron chi connectivity index (χ3n) is 2.62. The number of fused-ring (bicyclic) bond motifs is 1. The lowest BCUT2D eigenvalue weighted by molar-refractivity contribution is 0.171. The van der Waals surface area contributed by atoms with Gasteiger partial charge >= 0.3 is 0 Å². The summed E-state index contributed by atoms with van der Waals surface area (Å²) < 4.78 is 11.0. The van der Waals surface area contributed by atoms with Gasteiger partial charge < -0.3 is 9.47 Å². The molecule has 2 heterocycles. The van der Waals surface area contributed by atoms with Gasteiger partial charge in [0.05, 0.1) is 5.69 Å². The van der Waals surface area contributed by atoms with Crippen molar-refractivity contribution in [3.63, 3.8) is 0 Å². The molecular formula is C12H12N4O2. The van der Waals surface area contributed by atoms with Gasteiger partial charge in [0.15, 0.2) is 11.5 Å². The Morgan fingerprint density at radius 3 is 2.78 bits per heavy atom. The second-order valence-corrected chi connectivity index (χ2v) is 3.77. The van der Waals surface area contributed by atoms with Gasteiger partial charge in [0, 0.05) is 11.8 Å². The van der Waals surface area contributed by atoms with E-state index < -0.39 is 0 Å². The van der Waals surface area contributed by atoms with Gasteiger partial charge in [-0.25, -0.2) is 15.8 Å². The second kappa shape index (κ2) is 4.50. The summed E-state index contributed by atoms with van der Waals surface area (Å²) in [7, 11) is 0. The summed E-state index contributed by atoms with van der Waals surface area (Å²) in [5.41, 5.74) is 4.12. The molecule has 2 aromatic rings. The molecule has 0 fully saturated rings. The molecule has 1 aromatic heterocycles. The van der Waals surface area contributed by atoms with E-state index in [-0.39, 0.29) is 0 Å². The van der Waals surface area contributed by atoms with Crippen LogP contribution >= 0.6 is 0 Å². The van der Waals surface area contributed by atoms with Gasteiger partial charge in [0.1, 0.15) is 13.2 Å². The number of aromatic nitrogens is 2. The summed E-state index contributed by atoms with van der Waals surface area (Å²) in [6, 6.07) is 7.51. The standard InChI is InChI=1S/C12H12N4O2/c13-16-12-14-4-3-9(15-12)8-1-2-10-11(7-8)18-6-5-17-10/h1-4,7H,5-6,13H2,(H,14,15,16). The minimum Gasteiger partial charge on any atom is -0.486 e. The third kappa shape index (κ3) is 1.93. The van der Waals surface area contributed by atoms with Gasteiger partial charge in [0.25, 0.3) is 0 Å². The van der Waals surface area contributed by atoms with Crippen molar-refractivity contribution in [1.82, 2.24) is 9.97 Å². The van der Waals surface area contributed by atoms with Crippen LogP contribution in [0.4, 0.5) is 5.95 Å². The Hall–Kier alpha value is -2.34. The predicted molar refractivity (Wildman–Crippen MR) is 66.3 cm³/mol. The predicted octanol–water partition coefficient (Wildman–Crippen LogP) is 1.20. The fourth-order valence-electron chi connectivity index (χ4n) is 1.79. The Bertz CT molecular complexity index is 574. The maximum atomic E-state index is 5.53. The Labute approximate surface area is 104 Å². The highest BCUT2D eigenvalue weighted by atomic mass is 16.6. The SMILES string of the molecule is NNc1nccc(-c2ccc3c(c2)OCCO3)n1. The number of benzene rings is 1. The maximum absolute atomic E-state index is 5.53. The Kier molecular flexibility index (Phi) is 2.70. The van der Waals surface area contributed by atoms with E-state index in [4.69, 9.17) is 15.3 Å². The summed E-state index contributed by atoms with van der Waals surface area (Å²) in [6.07, 6.45) is 1.65. The van der Waals surface area contributed by atoms with Crippen molar-refractivity contribution < 1.29 is 9.47 Å². The van der Waals surface area contributed by atoms with E-state index in [1.165, 1.54) is 0 Å². The van der Waals surface area contributed by atoms with E-state index in [9.17, 15) is 0 Å². The second-order valence-electron chi connectivity index (χ2n) is 3.77. The minimum atomic E-state index is 0.377. The average Bonchev–Trinajstić information content (AvgIpc) is 2.47. The molecular weight excluding hydrogens is 232 g/mol. The highest BCUT2D eigenvalue weighted by molar-refractivity contribution is 5.64. The number of nitrogens with two attached hydrogens (primary N) is 1. The quantitative estimate of drug-likeness (QED) is 0.610. The normalized spacial score (nSPS) is 13.2. The van der Waals surface area contributed by atoms with Gasteiger partial charge in [-0.05, 0) is 24.3 Å². The maximum Gasteiger partial charge on any atom is 0.237 e. The molecule has 92 valence electrons. The van der Waals surface area contributed by atoms with Crippen LogP contribution in [0.3, 0.4) is 0 Å². The molecule has 0 unspecified atom stereocenters. The van der Waals surface area contributed by atoms with Gasteiger partial charge in [0.2, 0.25) is 5.95 Å². The molecule has 1 aliphatic rings. The minimum absolute atomic E-state index is 0.377. The highest BCUT2D eigenvalue weighted by Gasteiger charge is 2.13. The number of nitrogen functional groups attached to an aromatic ring is 1. The molecule has 6 heteroatoms. The van der Waals surface area contributed by atoms with Crippen molar-refractivity contribution in [3.05, 3.63) is 30.5 Å². The van der Waals surface area contributed by atoms with Crippen LogP contribution in [0.25, 0.3) is 11.3 Å². The van der Waals surface area contributed by atoms with E-state index in [0.717, 1.165) is 22.8 Å². The van der Waals surface area contributed by atoms with Gasteiger partial charge in [-0.15, -0.1) is 0 Å². The zero-order valence-corrected chi connectivity index (χ0v) is 9.59. The molecule has 0 bridgehead atoms. The summed E-state index contributed by atoms with van der Waals surface area (Å²) in [4.78, 5) is 8.23. The van der Waals surface area contributed by atoms with Crippen LogP contribution in [0.1, 0.15) is 0 Å². The topological polar surface area (TPSA) is 82.3 Å². The molecule has 18 heavy (non-hydrogen) atoms. The number of hydrogen-bond acceptors (Lipinski definition) is 6. The lowest BCUT2D eigenvalue weighted by atomic mass is 10.1. The first-order valence-electron chi connectivity index (χ1n) is 5.56. The van der Waals surface area contributed by atoms with E-state index in [1.807, 2.05) is 24.3 Å². The number of ether oxygens (including phenoxy) is 2. The molecule has 1 aliphatic heterocycles. The third-order valence-corrected chi connectivity index (χ3v) is 2.62. The first-order chi connectivity index (χ1) is 8.86. The first kappa shape index (κ1) is 10.8. The molecule has 0 radical (unpaired) electrons. The van der Waals surface area contributed by atoms with Crippen LogP contribution in [0, 0.1) is 0 Å². The average molecular weight is 244 g/mol. The lowest BCUT2D eigenvalue weighted by Gasteiger charge is -2.18. The number of rotatable bonds is 2. The van der Waals surface area contributed by atoms with Crippen molar-refractivity contribution >= 4 is 5.95 Å².